The van der Waals surface area contributed by atoms with Gasteiger partial charge < -0.3 is 9.73 Å². The summed E-state index contributed by atoms with van der Waals surface area (Å²) >= 11 is 0.809. The van der Waals surface area contributed by atoms with Crippen LogP contribution in [0.3, 0.4) is 0 Å². The van der Waals surface area contributed by atoms with Gasteiger partial charge in [-0.2, -0.15) is 0 Å². The summed E-state index contributed by atoms with van der Waals surface area (Å²) in [4.78, 5) is 39.3. The Morgan fingerprint density at radius 2 is 2.25 bits per heavy atom. The van der Waals surface area contributed by atoms with E-state index in [1.165, 1.54) is 12.3 Å². The van der Waals surface area contributed by atoms with Crippen molar-refractivity contribution >= 4 is 45.9 Å². The van der Waals surface area contributed by atoms with E-state index < -0.39 is 11.1 Å². The lowest BCUT2D eigenvalue weighted by molar-refractivity contribution is -0.115. The standard InChI is InChI=1S/C16H15N3O4S/c1-2-3-4-18-14(20)11-8-17-7-9-5-10(23-13(9)11)6-12-15(21)19-16(22)24-12/h5-8H,2-4H2,1H3,(H,18,20)(H,19,21,22)/b12-6-. The van der Waals surface area contributed by atoms with E-state index in [1.54, 1.807) is 12.3 Å². The molecule has 24 heavy (non-hydrogen) atoms. The monoisotopic (exact) mass is 345 g/mol. The molecular weight excluding hydrogens is 330 g/mol. The lowest BCUT2D eigenvalue weighted by Gasteiger charge is -2.04. The van der Waals surface area contributed by atoms with E-state index in [1.807, 2.05) is 6.92 Å². The Morgan fingerprint density at radius 1 is 1.42 bits per heavy atom. The smallest absolute Gasteiger partial charge is 0.290 e. The molecule has 2 aromatic rings. The number of carbonyl (C=O) groups excluding carboxylic acids is 3. The van der Waals surface area contributed by atoms with Gasteiger partial charge >= 0.3 is 0 Å². The Morgan fingerprint density at radius 3 is 2.96 bits per heavy atom. The lowest BCUT2D eigenvalue weighted by Crippen LogP contribution is -2.24. The summed E-state index contributed by atoms with van der Waals surface area (Å²) in [7, 11) is 0. The van der Waals surface area contributed by atoms with E-state index in [0.29, 0.717) is 28.8 Å². The van der Waals surface area contributed by atoms with Crippen molar-refractivity contribution in [3.8, 4) is 0 Å². The highest BCUT2D eigenvalue weighted by atomic mass is 32.2. The third-order valence-corrected chi connectivity index (χ3v) is 4.23. The minimum Gasteiger partial charge on any atom is -0.456 e. The Labute approximate surface area is 141 Å². The molecule has 0 unspecified atom stereocenters. The van der Waals surface area contributed by atoms with Crippen LogP contribution >= 0.6 is 11.8 Å². The van der Waals surface area contributed by atoms with E-state index in [-0.39, 0.29) is 10.8 Å². The fraction of sp³-hybridized carbons (Fsp3) is 0.250. The molecule has 1 fully saturated rings. The molecule has 124 valence electrons. The maximum absolute atomic E-state index is 12.2. The van der Waals surface area contributed by atoms with Crippen LogP contribution in [0.5, 0.6) is 0 Å². The first-order chi connectivity index (χ1) is 11.6. The first-order valence-corrected chi connectivity index (χ1v) is 8.30. The van der Waals surface area contributed by atoms with Gasteiger partial charge in [0.2, 0.25) is 0 Å². The number of carbonyl (C=O) groups is 3. The van der Waals surface area contributed by atoms with Gasteiger partial charge in [-0.1, -0.05) is 13.3 Å². The van der Waals surface area contributed by atoms with Crippen molar-refractivity contribution in [1.82, 2.24) is 15.6 Å². The molecule has 8 heteroatoms. The van der Waals surface area contributed by atoms with Crippen LogP contribution in [0.15, 0.2) is 27.8 Å². The number of amides is 3. The van der Waals surface area contributed by atoms with Gasteiger partial charge in [0.25, 0.3) is 17.1 Å². The number of hydrogen-bond acceptors (Lipinski definition) is 6. The fourth-order valence-electron chi connectivity index (χ4n) is 2.24. The van der Waals surface area contributed by atoms with E-state index in [9.17, 15) is 14.4 Å². The van der Waals surface area contributed by atoms with Crippen LogP contribution < -0.4 is 10.6 Å². The minimum absolute atomic E-state index is 0.251. The first kappa shape index (κ1) is 16.3. The van der Waals surface area contributed by atoms with Crippen LogP contribution in [-0.4, -0.2) is 28.6 Å². The Bertz CT molecular complexity index is 856. The van der Waals surface area contributed by atoms with E-state index in [4.69, 9.17) is 4.42 Å². The van der Waals surface area contributed by atoms with Crippen molar-refractivity contribution in [1.29, 1.82) is 0 Å². The minimum atomic E-state index is -0.457. The highest BCUT2D eigenvalue weighted by Gasteiger charge is 2.25. The normalized spacial score (nSPS) is 16.0. The number of rotatable bonds is 5. The predicted octanol–water partition coefficient (Wildman–Crippen LogP) is 2.68. The average Bonchev–Trinajstić information content (AvgIpc) is 3.09. The topological polar surface area (TPSA) is 101 Å². The van der Waals surface area contributed by atoms with E-state index in [2.05, 4.69) is 15.6 Å². The van der Waals surface area contributed by atoms with Gasteiger partial charge in [0, 0.05) is 30.4 Å². The highest BCUT2D eigenvalue weighted by Crippen LogP contribution is 2.29. The number of hydrogen-bond donors (Lipinski definition) is 2. The van der Waals surface area contributed by atoms with Crippen molar-refractivity contribution in [3.05, 3.63) is 34.7 Å². The Kier molecular flexibility index (Phi) is 4.66. The molecule has 3 amide bonds. The quantitative estimate of drug-likeness (QED) is 0.638. The number of furan rings is 1. The van der Waals surface area contributed by atoms with Gasteiger partial charge in [0.15, 0.2) is 5.58 Å². The number of unbranched alkanes of at least 4 members (excludes halogenated alkanes) is 1. The van der Waals surface area contributed by atoms with Crippen molar-refractivity contribution in [2.45, 2.75) is 19.8 Å². The summed E-state index contributed by atoms with van der Waals surface area (Å²) in [6, 6.07) is 1.68. The molecule has 0 saturated carbocycles. The zero-order valence-electron chi connectivity index (χ0n) is 12.9. The molecule has 0 atom stereocenters. The number of nitrogens with zero attached hydrogens (tertiary/aromatic N) is 1. The molecule has 0 radical (unpaired) electrons. The number of fused-ring (bicyclic) bond motifs is 1. The highest BCUT2D eigenvalue weighted by molar-refractivity contribution is 8.18. The summed E-state index contributed by atoms with van der Waals surface area (Å²) in [5.41, 5.74) is 0.744. The summed E-state index contributed by atoms with van der Waals surface area (Å²) in [6.45, 7) is 2.63. The molecule has 1 saturated heterocycles. The first-order valence-electron chi connectivity index (χ1n) is 7.49. The zero-order valence-corrected chi connectivity index (χ0v) is 13.7. The van der Waals surface area contributed by atoms with Crippen molar-refractivity contribution in [2.24, 2.45) is 0 Å². The Hall–Kier alpha value is -2.61. The molecular formula is C16H15N3O4S. The third kappa shape index (κ3) is 3.33. The Balaban J connectivity index is 1.90. The SMILES string of the molecule is CCCCNC(=O)c1cncc2cc(/C=C3\SC(=O)NC3=O)oc12. The second kappa shape index (κ2) is 6.88. The van der Waals surface area contributed by atoms with Gasteiger partial charge in [0.05, 0.1) is 4.91 Å². The van der Waals surface area contributed by atoms with Crippen LogP contribution in [0, 0.1) is 0 Å². The maximum atomic E-state index is 12.2. The second-order valence-electron chi connectivity index (χ2n) is 5.22. The van der Waals surface area contributed by atoms with Crippen molar-refractivity contribution in [2.75, 3.05) is 6.54 Å². The van der Waals surface area contributed by atoms with E-state index in [0.717, 1.165) is 24.6 Å². The van der Waals surface area contributed by atoms with Crippen molar-refractivity contribution < 1.29 is 18.8 Å². The maximum Gasteiger partial charge on any atom is 0.290 e. The molecule has 1 aliphatic heterocycles. The van der Waals surface area contributed by atoms with Crippen LogP contribution in [0.25, 0.3) is 17.0 Å². The largest absolute Gasteiger partial charge is 0.456 e. The number of pyridine rings is 1. The van der Waals surface area contributed by atoms with Crippen LogP contribution in [0.4, 0.5) is 4.79 Å². The molecule has 7 nitrogen and oxygen atoms in total. The van der Waals surface area contributed by atoms with Gasteiger partial charge in [-0.25, -0.2) is 0 Å². The summed E-state index contributed by atoms with van der Waals surface area (Å²) < 4.78 is 5.69. The predicted molar refractivity (Wildman–Crippen MR) is 90.4 cm³/mol. The molecule has 0 bridgehead atoms. The fourth-order valence-corrected chi connectivity index (χ4v) is 2.90. The molecule has 0 aromatic carbocycles. The third-order valence-electron chi connectivity index (χ3n) is 3.42. The summed E-state index contributed by atoms with van der Waals surface area (Å²) in [5.74, 6) is -0.327. The molecule has 1 aliphatic rings. The van der Waals surface area contributed by atoms with Gasteiger partial charge in [-0.05, 0) is 24.2 Å². The number of aromatic nitrogens is 1. The summed E-state index contributed by atoms with van der Waals surface area (Å²) in [5, 5.41) is 5.23. The van der Waals surface area contributed by atoms with Crippen LogP contribution in [-0.2, 0) is 4.79 Å². The second-order valence-corrected chi connectivity index (χ2v) is 6.23. The molecule has 0 aliphatic carbocycles. The number of thioether (sulfide) groups is 1. The molecule has 2 aromatic heterocycles. The molecule has 0 spiro atoms. The van der Waals surface area contributed by atoms with Gasteiger partial charge in [-0.3, -0.25) is 24.7 Å². The number of imide groups is 1. The molecule has 2 N–H and O–H groups in total. The van der Waals surface area contributed by atoms with Gasteiger partial charge in [0.1, 0.15) is 11.3 Å². The number of nitrogens with one attached hydrogen (secondary N) is 2. The lowest BCUT2D eigenvalue weighted by atomic mass is 10.2. The molecule has 3 rings (SSSR count). The van der Waals surface area contributed by atoms with Gasteiger partial charge in [-0.15, -0.1) is 0 Å². The molecule has 3 heterocycles. The van der Waals surface area contributed by atoms with E-state index >= 15 is 0 Å². The van der Waals surface area contributed by atoms with Crippen molar-refractivity contribution in [3.63, 3.8) is 0 Å². The average molecular weight is 345 g/mol. The zero-order chi connectivity index (χ0) is 17.1. The summed E-state index contributed by atoms with van der Waals surface area (Å²) in [6.07, 6.45) is 6.38. The van der Waals surface area contributed by atoms with Crippen LogP contribution in [0.2, 0.25) is 0 Å². The van der Waals surface area contributed by atoms with Crippen LogP contribution in [0.1, 0.15) is 35.9 Å².